The van der Waals surface area contributed by atoms with E-state index < -0.39 is 0 Å². The number of benzene rings is 6. The third-order valence-electron chi connectivity index (χ3n) is 5.75. The largest absolute Gasteiger partial charge is 0.0622 e. The van der Waals surface area contributed by atoms with Crippen LogP contribution in [0, 0.1) is 0 Å². The summed E-state index contributed by atoms with van der Waals surface area (Å²) in [4.78, 5) is 0. The number of rotatable bonds is 2. The molecule has 0 fully saturated rings. The van der Waals surface area contributed by atoms with Crippen molar-refractivity contribution in [2.24, 2.45) is 0 Å². The van der Waals surface area contributed by atoms with Crippen molar-refractivity contribution in [2.45, 2.75) is 0 Å². The Kier molecular flexibility index (Phi) is 5.76. The van der Waals surface area contributed by atoms with E-state index in [2.05, 4.69) is 146 Å². The van der Waals surface area contributed by atoms with Gasteiger partial charge in [0.2, 0.25) is 0 Å². The van der Waals surface area contributed by atoms with Gasteiger partial charge in [-0.05, 0) is 43.8 Å². The second-order valence-corrected chi connectivity index (χ2v) is 7.79. The van der Waals surface area contributed by atoms with Crippen LogP contribution in [-0.2, 0) is 0 Å². The molecule has 0 heterocycles. The van der Waals surface area contributed by atoms with E-state index in [1.807, 2.05) is 0 Å². The van der Waals surface area contributed by atoms with E-state index in [0.717, 1.165) is 0 Å². The first-order chi connectivity index (χ1) is 15.9. The van der Waals surface area contributed by atoms with Gasteiger partial charge in [0.05, 0.1) is 0 Å². The Morgan fingerprint density at radius 3 is 1.03 bits per heavy atom. The minimum Gasteiger partial charge on any atom is -0.0622 e. The van der Waals surface area contributed by atoms with Crippen molar-refractivity contribution in [1.29, 1.82) is 0 Å². The quantitative estimate of drug-likeness (QED) is 0.268. The normalized spacial score (nSPS) is 10.5. The highest BCUT2D eigenvalue weighted by molar-refractivity contribution is 5.97. The zero-order chi connectivity index (χ0) is 21.6. The van der Waals surface area contributed by atoms with Crippen molar-refractivity contribution in [2.75, 3.05) is 0 Å². The molecule has 0 N–H and O–H groups in total. The van der Waals surface area contributed by atoms with E-state index in [1.165, 1.54) is 43.8 Å². The molecule has 0 saturated carbocycles. The molecular weight excluding hydrogens is 384 g/mol. The minimum absolute atomic E-state index is 1.28. The molecule has 0 saturated heterocycles. The summed E-state index contributed by atoms with van der Waals surface area (Å²) in [6.45, 7) is 0. The van der Waals surface area contributed by atoms with Crippen molar-refractivity contribution < 1.29 is 0 Å². The summed E-state index contributed by atoms with van der Waals surface area (Å²) < 4.78 is 0. The minimum atomic E-state index is 1.28. The van der Waals surface area contributed by atoms with Crippen LogP contribution in [0.5, 0.6) is 0 Å². The van der Waals surface area contributed by atoms with Crippen molar-refractivity contribution in [3.05, 3.63) is 146 Å². The molecule has 0 aromatic heterocycles. The lowest BCUT2D eigenvalue weighted by molar-refractivity contribution is 1.65. The van der Waals surface area contributed by atoms with Gasteiger partial charge in [0.1, 0.15) is 0 Å². The van der Waals surface area contributed by atoms with Gasteiger partial charge in [-0.15, -0.1) is 0 Å². The molecule has 0 bridgehead atoms. The topological polar surface area (TPSA) is 0 Å². The predicted molar refractivity (Wildman–Crippen MR) is 139 cm³/mol. The van der Waals surface area contributed by atoms with Crippen LogP contribution < -0.4 is 0 Å². The van der Waals surface area contributed by atoms with Gasteiger partial charge in [-0.3, -0.25) is 0 Å². The van der Waals surface area contributed by atoms with Crippen molar-refractivity contribution in [1.82, 2.24) is 0 Å². The Bertz CT molecular complexity index is 1320. The van der Waals surface area contributed by atoms with Crippen LogP contribution >= 0.6 is 0 Å². The van der Waals surface area contributed by atoms with Gasteiger partial charge in [-0.1, -0.05) is 146 Å². The van der Waals surface area contributed by atoms with Crippen molar-refractivity contribution in [3.63, 3.8) is 0 Å². The fraction of sp³-hybridized carbons (Fsp3) is 0. The summed E-state index contributed by atoms with van der Waals surface area (Å²) in [6, 6.07) is 50.9. The van der Waals surface area contributed by atoms with E-state index >= 15 is 0 Å². The van der Waals surface area contributed by atoms with Gasteiger partial charge in [0.25, 0.3) is 0 Å². The van der Waals surface area contributed by atoms with Crippen molar-refractivity contribution in [3.8, 4) is 22.3 Å². The van der Waals surface area contributed by atoms with Gasteiger partial charge in [-0.2, -0.15) is 0 Å². The molecular formula is C32H24. The Labute approximate surface area is 189 Å². The molecule has 0 spiro atoms. The van der Waals surface area contributed by atoms with Crippen LogP contribution in [0.4, 0.5) is 0 Å². The van der Waals surface area contributed by atoms with Gasteiger partial charge < -0.3 is 0 Å². The lowest BCUT2D eigenvalue weighted by Gasteiger charge is -2.06. The molecule has 32 heavy (non-hydrogen) atoms. The molecule has 0 aliphatic carbocycles. The van der Waals surface area contributed by atoms with Crippen LogP contribution in [0.2, 0.25) is 0 Å². The highest BCUT2D eigenvalue weighted by atomic mass is 14.1. The maximum atomic E-state index is 2.18. The first-order valence-electron chi connectivity index (χ1n) is 11.0. The highest BCUT2D eigenvalue weighted by Gasteiger charge is 2.02. The Morgan fingerprint density at radius 1 is 0.250 bits per heavy atom. The maximum absolute atomic E-state index is 2.18. The lowest BCUT2D eigenvalue weighted by Crippen LogP contribution is -1.79. The SMILES string of the molecule is c1ccc(-c2cccc3ccccc23)cc1.c1ccc(-c2cccc3ccccc23)cc1. The van der Waals surface area contributed by atoms with Gasteiger partial charge in [0, 0.05) is 0 Å². The van der Waals surface area contributed by atoms with Gasteiger partial charge >= 0.3 is 0 Å². The summed E-state index contributed by atoms with van der Waals surface area (Å²) in [7, 11) is 0. The van der Waals surface area contributed by atoms with Crippen LogP contribution in [0.1, 0.15) is 0 Å². The predicted octanol–water partition coefficient (Wildman–Crippen LogP) is 9.01. The average Bonchev–Trinajstić information content (AvgIpc) is 2.89. The van der Waals surface area contributed by atoms with E-state index in [0.29, 0.717) is 0 Å². The van der Waals surface area contributed by atoms with Gasteiger partial charge in [0.15, 0.2) is 0 Å². The number of fused-ring (bicyclic) bond motifs is 2. The third kappa shape index (κ3) is 4.17. The molecule has 0 amide bonds. The van der Waals surface area contributed by atoms with E-state index in [4.69, 9.17) is 0 Å². The summed E-state index contributed by atoms with van der Waals surface area (Å²) >= 11 is 0. The molecule has 152 valence electrons. The molecule has 0 nitrogen and oxygen atoms in total. The van der Waals surface area contributed by atoms with Crippen LogP contribution in [0.3, 0.4) is 0 Å². The molecule has 0 heteroatoms. The first kappa shape index (κ1) is 19.8. The molecule has 0 radical (unpaired) electrons. The van der Waals surface area contributed by atoms with E-state index in [9.17, 15) is 0 Å². The standard InChI is InChI=1S/2C16H12/c2*1-2-7-13(8-3-1)16-12-6-10-14-9-4-5-11-15(14)16/h2*1-12H. The first-order valence-corrected chi connectivity index (χ1v) is 11.0. The Morgan fingerprint density at radius 2 is 0.594 bits per heavy atom. The molecule has 6 aromatic rings. The molecule has 0 aliphatic rings. The zero-order valence-corrected chi connectivity index (χ0v) is 17.9. The number of hydrogen-bond donors (Lipinski definition) is 0. The Hall–Kier alpha value is -4.16. The monoisotopic (exact) mass is 408 g/mol. The fourth-order valence-corrected chi connectivity index (χ4v) is 4.19. The summed E-state index contributed by atoms with van der Waals surface area (Å²) in [6.07, 6.45) is 0. The lowest BCUT2D eigenvalue weighted by atomic mass is 9.98. The molecule has 6 rings (SSSR count). The summed E-state index contributed by atoms with van der Waals surface area (Å²) in [5.74, 6) is 0. The fourth-order valence-electron chi connectivity index (χ4n) is 4.19. The second kappa shape index (κ2) is 9.32. The van der Waals surface area contributed by atoms with Crippen LogP contribution in [0.15, 0.2) is 146 Å². The average molecular weight is 409 g/mol. The van der Waals surface area contributed by atoms with Crippen LogP contribution in [0.25, 0.3) is 43.8 Å². The molecule has 0 atom stereocenters. The molecule has 6 aromatic carbocycles. The van der Waals surface area contributed by atoms with Crippen LogP contribution in [-0.4, -0.2) is 0 Å². The summed E-state index contributed by atoms with van der Waals surface area (Å²) in [5.41, 5.74) is 5.16. The van der Waals surface area contributed by atoms with Gasteiger partial charge in [-0.25, -0.2) is 0 Å². The molecule has 0 unspecified atom stereocenters. The van der Waals surface area contributed by atoms with Crippen molar-refractivity contribution >= 4 is 21.5 Å². The maximum Gasteiger partial charge on any atom is -0.0105 e. The highest BCUT2D eigenvalue weighted by Crippen LogP contribution is 2.29. The zero-order valence-electron chi connectivity index (χ0n) is 17.9. The number of hydrogen-bond acceptors (Lipinski definition) is 0. The molecule has 0 aliphatic heterocycles. The van der Waals surface area contributed by atoms with E-state index in [-0.39, 0.29) is 0 Å². The third-order valence-corrected chi connectivity index (χ3v) is 5.75. The Balaban J connectivity index is 0.000000135. The van der Waals surface area contributed by atoms with E-state index in [1.54, 1.807) is 0 Å². The second-order valence-electron chi connectivity index (χ2n) is 7.79. The smallest absolute Gasteiger partial charge is 0.0105 e. The summed E-state index contributed by atoms with van der Waals surface area (Å²) in [5, 5.41) is 5.22.